The first-order chi connectivity index (χ1) is 13.0. The van der Waals surface area contributed by atoms with Crippen molar-refractivity contribution in [2.24, 2.45) is 5.41 Å². The van der Waals surface area contributed by atoms with Crippen molar-refractivity contribution in [3.63, 3.8) is 0 Å². The van der Waals surface area contributed by atoms with Crippen LogP contribution >= 0.6 is 11.3 Å². The maximum absolute atomic E-state index is 13.4. The number of benzene rings is 1. The lowest BCUT2D eigenvalue weighted by atomic mass is 9.93. The molecule has 2 heterocycles. The predicted molar refractivity (Wildman–Crippen MR) is 105 cm³/mol. The number of carbonyl (C=O) groups excluding carboxylic acids is 1. The van der Waals surface area contributed by atoms with E-state index in [0.717, 1.165) is 43.5 Å². The first kappa shape index (κ1) is 18.1. The second kappa shape index (κ2) is 7.05. The molecule has 1 N–H and O–H groups in total. The molecule has 2 aliphatic rings. The number of nitrogens with zero attached hydrogens (tertiary/aromatic N) is 2. The van der Waals surface area contributed by atoms with Crippen molar-refractivity contribution < 1.29 is 9.72 Å². The topological polar surface area (TPSA) is 75.5 Å². The molecule has 1 spiro atoms. The summed E-state index contributed by atoms with van der Waals surface area (Å²) in [6.07, 6.45) is 3.19. The smallest absolute Gasteiger partial charge is 0.270 e. The molecule has 6 nitrogen and oxygen atoms in total. The van der Waals surface area contributed by atoms with Crippen molar-refractivity contribution in [3.05, 3.63) is 61.8 Å². The van der Waals surface area contributed by atoms with Crippen molar-refractivity contribution in [1.29, 1.82) is 0 Å². The molecule has 142 valence electrons. The van der Waals surface area contributed by atoms with Gasteiger partial charge in [-0.25, -0.2) is 0 Å². The molecule has 1 amide bonds. The second-order valence-electron chi connectivity index (χ2n) is 7.71. The van der Waals surface area contributed by atoms with Gasteiger partial charge in [0.15, 0.2) is 0 Å². The Morgan fingerprint density at radius 2 is 2.15 bits per heavy atom. The van der Waals surface area contributed by atoms with Gasteiger partial charge in [0, 0.05) is 30.3 Å². The second-order valence-corrected chi connectivity index (χ2v) is 8.49. The van der Waals surface area contributed by atoms with Crippen LogP contribution in [0.4, 0.5) is 5.69 Å². The molecule has 2 aromatic rings. The Labute approximate surface area is 162 Å². The van der Waals surface area contributed by atoms with Gasteiger partial charge in [-0.3, -0.25) is 14.9 Å². The van der Waals surface area contributed by atoms with Crippen LogP contribution in [0.2, 0.25) is 0 Å². The first-order valence-corrected chi connectivity index (χ1v) is 10.2. The number of hydrogen-bond donors (Lipinski definition) is 1. The van der Waals surface area contributed by atoms with Crippen LogP contribution in [0.3, 0.4) is 0 Å². The van der Waals surface area contributed by atoms with Crippen LogP contribution in [0.15, 0.2) is 35.0 Å². The van der Waals surface area contributed by atoms with Gasteiger partial charge in [0.2, 0.25) is 0 Å². The van der Waals surface area contributed by atoms with E-state index < -0.39 is 4.92 Å². The molecule has 7 heteroatoms. The summed E-state index contributed by atoms with van der Waals surface area (Å²) in [4.78, 5) is 26.1. The first-order valence-electron chi connectivity index (χ1n) is 9.27. The lowest BCUT2D eigenvalue weighted by molar-refractivity contribution is -0.384. The standard InChI is InChI=1S/C20H23N3O3S/c1-14-8-16(10-17(9-14)23(25)26)19(24)22(12-15-2-7-27-13-15)18-11-20(18)3-5-21-6-4-20/h2,7-10,13,18,21H,3-6,11-12H2,1H3. The average molecular weight is 385 g/mol. The third-order valence-corrected chi connectivity index (χ3v) is 6.57. The van der Waals surface area contributed by atoms with Gasteiger partial charge in [0.1, 0.15) is 0 Å². The van der Waals surface area contributed by atoms with Gasteiger partial charge >= 0.3 is 0 Å². The van der Waals surface area contributed by atoms with Gasteiger partial charge in [-0.15, -0.1) is 0 Å². The molecular weight excluding hydrogens is 362 g/mol. The molecule has 27 heavy (non-hydrogen) atoms. The van der Waals surface area contributed by atoms with Crippen LogP contribution in [-0.4, -0.2) is 34.9 Å². The summed E-state index contributed by atoms with van der Waals surface area (Å²) < 4.78 is 0. The Balaban J connectivity index is 1.64. The van der Waals surface area contributed by atoms with Crippen LogP contribution in [0.1, 0.15) is 40.7 Å². The number of thiophene rings is 1. The van der Waals surface area contributed by atoms with Gasteiger partial charge < -0.3 is 10.2 Å². The summed E-state index contributed by atoms with van der Waals surface area (Å²) >= 11 is 1.62. The number of aryl methyl sites for hydroxylation is 1. The fourth-order valence-corrected chi connectivity index (χ4v) is 4.95. The highest BCUT2D eigenvalue weighted by Crippen LogP contribution is 2.56. The molecular formula is C20H23N3O3S. The van der Waals surface area contributed by atoms with Crippen molar-refractivity contribution in [3.8, 4) is 0 Å². The molecule has 1 aromatic heterocycles. The molecule has 0 radical (unpaired) electrons. The van der Waals surface area contributed by atoms with Gasteiger partial charge in [0.25, 0.3) is 11.6 Å². The van der Waals surface area contributed by atoms with Crippen LogP contribution in [-0.2, 0) is 6.54 Å². The molecule has 0 bridgehead atoms. The minimum absolute atomic E-state index is 0.0267. The molecule has 1 saturated carbocycles. The van der Waals surface area contributed by atoms with E-state index in [1.807, 2.05) is 16.3 Å². The Morgan fingerprint density at radius 1 is 1.37 bits per heavy atom. The number of nitro benzene ring substituents is 1. The third-order valence-electron chi connectivity index (χ3n) is 5.84. The Hall–Kier alpha value is -2.25. The highest BCUT2D eigenvalue weighted by Gasteiger charge is 2.57. The zero-order valence-electron chi connectivity index (χ0n) is 15.3. The molecule has 1 saturated heterocycles. The third kappa shape index (κ3) is 3.61. The van der Waals surface area contributed by atoms with Gasteiger partial charge in [-0.1, -0.05) is 0 Å². The highest BCUT2D eigenvalue weighted by atomic mass is 32.1. The summed E-state index contributed by atoms with van der Waals surface area (Å²) in [5.74, 6) is -0.103. The zero-order valence-corrected chi connectivity index (χ0v) is 16.1. The van der Waals surface area contributed by atoms with Crippen molar-refractivity contribution in [2.75, 3.05) is 13.1 Å². The Morgan fingerprint density at radius 3 is 2.81 bits per heavy atom. The number of nitrogens with one attached hydrogen (secondary N) is 1. The van der Waals surface area contributed by atoms with Gasteiger partial charge in [-0.05, 0) is 78.7 Å². The largest absolute Gasteiger partial charge is 0.331 e. The fourth-order valence-electron chi connectivity index (χ4n) is 4.29. The van der Waals surface area contributed by atoms with E-state index in [-0.39, 0.29) is 23.1 Å². The lowest BCUT2D eigenvalue weighted by Gasteiger charge is -2.29. The number of carbonyl (C=O) groups is 1. The van der Waals surface area contributed by atoms with Crippen LogP contribution < -0.4 is 5.32 Å². The summed E-state index contributed by atoms with van der Waals surface area (Å²) in [6, 6.07) is 6.93. The Kier molecular flexibility index (Phi) is 4.74. The van der Waals surface area contributed by atoms with Crippen LogP contribution in [0, 0.1) is 22.5 Å². The summed E-state index contributed by atoms with van der Waals surface area (Å²) in [6.45, 7) is 4.34. The maximum atomic E-state index is 13.4. The van der Waals surface area contributed by atoms with E-state index in [0.29, 0.717) is 12.1 Å². The van der Waals surface area contributed by atoms with E-state index in [9.17, 15) is 14.9 Å². The lowest BCUT2D eigenvalue weighted by Crippen LogP contribution is -2.39. The number of nitro groups is 1. The van der Waals surface area contributed by atoms with Crippen molar-refractivity contribution in [2.45, 2.75) is 38.8 Å². The maximum Gasteiger partial charge on any atom is 0.270 e. The van der Waals surface area contributed by atoms with E-state index in [1.165, 1.54) is 12.1 Å². The van der Waals surface area contributed by atoms with E-state index >= 15 is 0 Å². The quantitative estimate of drug-likeness (QED) is 0.628. The van der Waals surface area contributed by atoms with Crippen LogP contribution in [0.25, 0.3) is 0 Å². The summed E-state index contributed by atoms with van der Waals surface area (Å²) in [5, 5.41) is 18.7. The zero-order chi connectivity index (χ0) is 19.0. The monoisotopic (exact) mass is 385 g/mol. The normalized spacial score (nSPS) is 20.4. The molecule has 1 aromatic carbocycles. The predicted octanol–water partition coefficient (Wildman–Crippen LogP) is 3.75. The number of piperidine rings is 1. The highest BCUT2D eigenvalue weighted by molar-refractivity contribution is 7.07. The fraction of sp³-hybridized carbons (Fsp3) is 0.450. The molecule has 4 rings (SSSR count). The summed E-state index contributed by atoms with van der Waals surface area (Å²) in [5.41, 5.74) is 2.45. The van der Waals surface area contributed by atoms with E-state index in [2.05, 4.69) is 10.7 Å². The average Bonchev–Trinajstić information content (AvgIpc) is 3.08. The number of hydrogen-bond acceptors (Lipinski definition) is 5. The molecule has 1 aliphatic carbocycles. The minimum atomic E-state index is -0.432. The van der Waals surface area contributed by atoms with Gasteiger partial charge in [-0.2, -0.15) is 11.3 Å². The van der Waals surface area contributed by atoms with E-state index in [1.54, 1.807) is 24.3 Å². The number of rotatable bonds is 5. The van der Waals surface area contributed by atoms with Crippen molar-refractivity contribution in [1.82, 2.24) is 10.2 Å². The van der Waals surface area contributed by atoms with Crippen molar-refractivity contribution >= 4 is 22.9 Å². The number of non-ortho nitro benzene ring substituents is 1. The minimum Gasteiger partial charge on any atom is -0.331 e. The van der Waals surface area contributed by atoms with E-state index in [4.69, 9.17) is 0 Å². The van der Waals surface area contributed by atoms with Gasteiger partial charge in [0.05, 0.1) is 4.92 Å². The molecule has 1 aliphatic heterocycles. The molecule has 1 unspecified atom stereocenters. The molecule has 1 atom stereocenters. The molecule has 2 fully saturated rings. The van der Waals surface area contributed by atoms with Crippen LogP contribution in [0.5, 0.6) is 0 Å². The SMILES string of the molecule is Cc1cc(C(=O)N(Cc2ccsc2)C2CC23CCNCC3)cc([N+](=O)[O-])c1. The Bertz CT molecular complexity index is 859. The summed E-state index contributed by atoms with van der Waals surface area (Å²) in [7, 11) is 0. The number of amides is 1.